The van der Waals surface area contributed by atoms with Gasteiger partial charge in [-0.2, -0.15) is 0 Å². The summed E-state index contributed by atoms with van der Waals surface area (Å²) in [5, 5.41) is 0.809. The van der Waals surface area contributed by atoms with Crippen molar-refractivity contribution in [1.82, 2.24) is 0 Å². The van der Waals surface area contributed by atoms with E-state index in [0.717, 1.165) is 16.6 Å². The topological polar surface area (TPSA) is 12.4 Å². The van der Waals surface area contributed by atoms with Crippen LogP contribution in [0.2, 0.25) is 0 Å². The van der Waals surface area contributed by atoms with Gasteiger partial charge in [-0.05, 0) is 25.5 Å². The first kappa shape index (κ1) is 9.63. The fourth-order valence-corrected chi connectivity index (χ4v) is 0.737. The van der Waals surface area contributed by atoms with Gasteiger partial charge in [0.1, 0.15) is 0 Å². The highest BCUT2D eigenvalue weighted by atomic mass is 79.9. The first-order valence-corrected chi connectivity index (χ1v) is 4.23. The van der Waals surface area contributed by atoms with Crippen molar-refractivity contribution in [3.05, 3.63) is 23.9 Å². The quantitative estimate of drug-likeness (QED) is 0.379. The molecule has 0 amide bonds. The Kier molecular flexibility index (Phi) is 5.22. The molecule has 0 bridgehead atoms. The van der Waals surface area contributed by atoms with E-state index in [1.807, 2.05) is 19.9 Å². The maximum absolute atomic E-state index is 4.07. The second kappa shape index (κ2) is 5.42. The number of aliphatic imine (C=N–C) groups is 1. The van der Waals surface area contributed by atoms with Crippen molar-refractivity contribution in [2.24, 2.45) is 4.99 Å². The van der Waals surface area contributed by atoms with Crippen molar-refractivity contribution in [1.29, 1.82) is 0 Å². The molecule has 0 aliphatic carbocycles. The van der Waals surface area contributed by atoms with Crippen LogP contribution in [-0.4, -0.2) is 11.5 Å². The van der Waals surface area contributed by atoms with E-state index in [9.17, 15) is 0 Å². The standard InChI is InChI=1S/C8H12BrN/c1-4-10-8(3)5-7(2)6-9/h4-5H,2,6H2,1,3H3/b8-5-,10-4?. The Morgan fingerprint density at radius 2 is 2.30 bits per heavy atom. The lowest BCUT2D eigenvalue weighted by Crippen LogP contribution is -1.77. The molecule has 0 N–H and O–H groups in total. The number of hydrogen-bond donors (Lipinski definition) is 0. The molecule has 0 unspecified atom stereocenters. The summed E-state index contributed by atoms with van der Waals surface area (Å²) in [4.78, 5) is 4.07. The maximum atomic E-state index is 4.07. The number of nitrogens with zero attached hydrogens (tertiary/aromatic N) is 1. The van der Waals surface area contributed by atoms with Crippen molar-refractivity contribution in [2.45, 2.75) is 13.8 Å². The molecule has 2 heteroatoms. The van der Waals surface area contributed by atoms with Crippen molar-refractivity contribution in [3.8, 4) is 0 Å². The Morgan fingerprint density at radius 1 is 1.70 bits per heavy atom. The van der Waals surface area contributed by atoms with E-state index < -0.39 is 0 Å². The highest BCUT2D eigenvalue weighted by Gasteiger charge is 1.85. The molecule has 1 nitrogen and oxygen atoms in total. The van der Waals surface area contributed by atoms with Crippen LogP contribution < -0.4 is 0 Å². The van der Waals surface area contributed by atoms with Crippen LogP contribution in [0.5, 0.6) is 0 Å². The Labute approximate surface area is 70.7 Å². The molecule has 56 valence electrons. The van der Waals surface area contributed by atoms with Crippen LogP contribution in [0.25, 0.3) is 0 Å². The highest BCUT2D eigenvalue weighted by molar-refractivity contribution is 9.09. The molecule has 0 aromatic rings. The lowest BCUT2D eigenvalue weighted by molar-refractivity contribution is 1.29. The second-order valence-electron chi connectivity index (χ2n) is 1.96. The highest BCUT2D eigenvalue weighted by Crippen LogP contribution is 2.03. The van der Waals surface area contributed by atoms with Gasteiger partial charge in [-0.25, -0.2) is 0 Å². The monoisotopic (exact) mass is 201 g/mol. The molecule has 0 aromatic heterocycles. The fourth-order valence-electron chi connectivity index (χ4n) is 0.575. The molecule has 0 rings (SSSR count). The first-order chi connectivity index (χ1) is 4.70. The van der Waals surface area contributed by atoms with Crippen LogP contribution in [0, 0.1) is 0 Å². The van der Waals surface area contributed by atoms with E-state index in [4.69, 9.17) is 0 Å². The zero-order chi connectivity index (χ0) is 7.98. The number of alkyl halides is 1. The summed E-state index contributed by atoms with van der Waals surface area (Å²) < 4.78 is 0. The lowest BCUT2D eigenvalue weighted by Gasteiger charge is -1.92. The number of halogens is 1. The molecular formula is C8H12BrN. The zero-order valence-electron chi connectivity index (χ0n) is 6.39. The van der Waals surface area contributed by atoms with Gasteiger partial charge in [-0.1, -0.05) is 22.5 Å². The summed E-state index contributed by atoms with van der Waals surface area (Å²) in [6.45, 7) is 7.65. The van der Waals surface area contributed by atoms with Crippen LogP contribution in [-0.2, 0) is 0 Å². The Bertz CT molecular complexity index is 168. The fraction of sp³-hybridized carbons (Fsp3) is 0.375. The smallest absolute Gasteiger partial charge is 0.0371 e. The van der Waals surface area contributed by atoms with E-state index in [1.165, 1.54) is 0 Å². The molecule has 0 radical (unpaired) electrons. The third kappa shape index (κ3) is 4.50. The van der Waals surface area contributed by atoms with Crippen LogP contribution in [0.3, 0.4) is 0 Å². The molecule has 0 spiro atoms. The maximum Gasteiger partial charge on any atom is 0.0371 e. The third-order valence-electron chi connectivity index (χ3n) is 0.917. The summed E-state index contributed by atoms with van der Waals surface area (Å²) >= 11 is 3.30. The summed E-state index contributed by atoms with van der Waals surface area (Å²) in [7, 11) is 0. The van der Waals surface area contributed by atoms with Gasteiger partial charge in [-0.3, -0.25) is 4.99 Å². The summed E-state index contributed by atoms with van der Waals surface area (Å²) in [5.41, 5.74) is 2.04. The molecule has 0 atom stereocenters. The average Bonchev–Trinajstić information content (AvgIpc) is 1.88. The van der Waals surface area contributed by atoms with Crippen LogP contribution in [0.15, 0.2) is 28.9 Å². The molecule has 0 fully saturated rings. The molecule has 0 aliphatic heterocycles. The minimum absolute atomic E-state index is 0.809. The average molecular weight is 202 g/mol. The van der Waals surface area contributed by atoms with Crippen molar-refractivity contribution in [2.75, 3.05) is 5.33 Å². The summed E-state index contributed by atoms with van der Waals surface area (Å²) in [6.07, 6.45) is 3.72. The van der Waals surface area contributed by atoms with E-state index in [-0.39, 0.29) is 0 Å². The van der Waals surface area contributed by atoms with Crippen molar-refractivity contribution >= 4 is 22.1 Å². The lowest BCUT2D eigenvalue weighted by atomic mass is 10.3. The van der Waals surface area contributed by atoms with E-state index in [0.29, 0.717) is 0 Å². The minimum atomic E-state index is 0.809. The van der Waals surface area contributed by atoms with Crippen LogP contribution in [0.1, 0.15) is 13.8 Å². The third-order valence-corrected chi connectivity index (χ3v) is 1.64. The normalized spacial score (nSPS) is 12.5. The van der Waals surface area contributed by atoms with Gasteiger partial charge in [0.15, 0.2) is 0 Å². The summed E-state index contributed by atoms with van der Waals surface area (Å²) in [5.74, 6) is 0. The van der Waals surface area contributed by atoms with Gasteiger partial charge in [0, 0.05) is 17.2 Å². The molecule has 0 heterocycles. The Hall–Kier alpha value is -0.370. The molecule has 10 heavy (non-hydrogen) atoms. The Balaban J connectivity index is 4.02. The first-order valence-electron chi connectivity index (χ1n) is 3.11. The van der Waals surface area contributed by atoms with E-state index in [2.05, 4.69) is 27.5 Å². The minimum Gasteiger partial charge on any atom is -0.266 e. The van der Waals surface area contributed by atoms with E-state index in [1.54, 1.807) is 6.21 Å². The zero-order valence-corrected chi connectivity index (χ0v) is 7.98. The molecule has 0 saturated heterocycles. The molecule has 0 saturated carbocycles. The summed E-state index contributed by atoms with van der Waals surface area (Å²) in [6, 6.07) is 0. The van der Waals surface area contributed by atoms with Crippen molar-refractivity contribution in [3.63, 3.8) is 0 Å². The van der Waals surface area contributed by atoms with Gasteiger partial charge in [0.05, 0.1) is 0 Å². The van der Waals surface area contributed by atoms with Gasteiger partial charge in [0.2, 0.25) is 0 Å². The predicted molar refractivity (Wildman–Crippen MR) is 50.9 cm³/mol. The SMILES string of the molecule is C=C(/C=C(/C)N=CC)CBr. The van der Waals surface area contributed by atoms with Crippen LogP contribution >= 0.6 is 15.9 Å². The number of rotatable bonds is 3. The van der Waals surface area contributed by atoms with Crippen molar-refractivity contribution < 1.29 is 0 Å². The molecular weight excluding hydrogens is 190 g/mol. The van der Waals surface area contributed by atoms with Gasteiger partial charge in [0.25, 0.3) is 0 Å². The van der Waals surface area contributed by atoms with Gasteiger partial charge >= 0.3 is 0 Å². The molecule has 0 aromatic carbocycles. The number of hydrogen-bond acceptors (Lipinski definition) is 1. The molecule has 0 aliphatic rings. The van der Waals surface area contributed by atoms with Gasteiger partial charge < -0.3 is 0 Å². The predicted octanol–water partition coefficient (Wildman–Crippen LogP) is 2.93. The Morgan fingerprint density at radius 3 is 2.70 bits per heavy atom. The largest absolute Gasteiger partial charge is 0.266 e. The van der Waals surface area contributed by atoms with Gasteiger partial charge in [-0.15, -0.1) is 0 Å². The van der Waals surface area contributed by atoms with E-state index >= 15 is 0 Å². The number of allylic oxidation sites excluding steroid dienone is 3. The van der Waals surface area contributed by atoms with Crippen LogP contribution in [0.4, 0.5) is 0 Å². The second-order valence-corrected chi connectivity index (χ2v) is 2.53.